The molecule has 0 aromatic rings. The molecule has 1 aliphatic heterocycles. The quantitative estimate of drug-likeness (QED) is 0.452. The van der Waals surface area contributed by atoms with Crippen molar-refractivity contribution in [2.45, 2.75) is 95.5 Å². The van der Waals surface area contributed by atoms with E-state index >= 15 is 0 Å². The van der Waals surface area contributed by atoms with Crippen molar-refractivity contribution in [2.75, 3.05) is 6.61 Å². The van der Waals surface area contributed by atoms with Gasteiger partial charge >= 0.3 is 5.97 Å². The molecule has 4 N–H and O–H groups in total. The van der Waals surface area contributed by atoms with Crippen molar-refractivity contribution in [3.63, 3.8) is 0 Å². The second-order valence-electron chi connectivity index (χ2n) is 12.2. The SMILES string of the molecule is CC1=C(CO)C(=O)OC(C(C)(O)C2(O)CCC3(O)C4CC=C5C=CCC(=O)C5(C)C4CCC32C)C1. The van der Waals surface area contributed by atoms with Gasteiger partial charge in [0.15, 0.2) is 0 Å². The van der Waals surface area contributed by atoms with Gasteiger partial charge in [-0.3, -0.25) is 4.79 Å². The Kier molecular flexibility index (Phi) is 5.40. The van der Waals surface area contributed by atoms with Crippen molar-refractivity contribution in [1.82, 2.24) is 0 Å². The van der Waals surface area contributed by atoms with Crippen molar-refractivity contribution in [1.29, 1.82) is 0 Å². The third-order valence-corrected chi connectivity index (χ3v) is 11.0. The van der Waals surface area contributed by atoms with Crippen molar-refractivity contribution in [3.05, 3.63) is 34.9 Å². The molecule has 0 amide bonds. The Balaban J connectivity index is 1.53. The number of Topliss-reactive ketones (excluding diaryl/α,β-unsaturated/α-hetero) is 1. The molecule has 35 heavy (non-hydrogen) atoms. The molecule has 0 bridgehead atoms. The Morgan fingerprint density at radius 3 is 2.51 bits per heavy atom. The number of ether oxygens (including phenoxy) is 1. The standard InChI is InChI=1S/C28H38O7/c1-16-14-22(35-23(31)18(16)15-29)26(4,32)28(34)13-12-27(33)20-9-8-17-6-5-7-21(30)25(17,3)19(20)10-11-24(27,28)2/h5-6,8,19-20,22,29,32-34H,7,9-15H2,1-4H3. The Morgan fingerprint density at radius 1 is 1.14 bits per heavy atom. The monoisotopic (exact) mass is 486 g/mol. The van der Waals surface area contributed by atoms with Gasteiger partial charge in [-0.05, 0) is 70.3 Å². The molecule has 7 heteroatoms. The van der Waals surface area contributed by atoms with E-state index in [1.807, 2.05) is 26.0 Å². The number of ketones is 1. The van der Waals surface area contributed by atoms with Crippen LogP contribution in [-0.2, 0) is 14.3 Å². The van der Waals surface area contributed by atoms with Gasteiger partial charge in [0.25, 0.3) is 0 Å². The maximum absolute atomic E-state index is 13.2. The minimum atomic E-state index is -1.83. The smallest absolute Gasteiger partial charge is 0.336 e. The van der Waals surface area contributed by atoms with Gasteiger partial charge in [0.1, 0.15) is 23.1 Å². The summed E-state index contributed by atoms with van der Waals surface area (Å²) in [7, 11) is 0. The lowest BCUT2D eigenvalue weighted by atomic mass is 9.44. The summed E-state index contributed by atoms with van der Waals surface area (Å²) in [6, 6.07) is 0. The van der Waals surface area contributed by atoms with E-state index in [9.17, 15) is 30.0 Å². The first-order valence-corrected chi connectivity index (χ1v) is 12.9. The summed E-state index contributed by atoms with van der Waals surface area (Å²) in [5.41, 5.74) is -4.73. The van der Waals surface area contributed by atoms with Crippen LogP contribution in [0.5, 0.6) is 0 Å². The second kappa shape index (κ2) is 7.60. The van der Waals surface area contributed by atoms with E-state index in [2.05, 4.69) is 6.08 Å². The summed E-state index contributed by atoms with van der Waals surface area (Å²) in [5.74, 6) is -0.791. The van der Waals surface area contributed by atoms with Crippen LogP contribution in [0, 0.1) is 22.7 Å². The summed E-state index contributed by atoms with van der Waals surface area (Å²) in [4.78, 5) is 25.7. The summed E-state index contributed by atoms with van der Waals surface area (Å²) in [6.07, 6.45) is 7.74. The van der Waals surface area contributed by atoms with E-state index in [0.29, 0.717) is 31.3 Å². The molecule has 4 aliphatic carbocycles. The maximum atomic E-state index is 13.2. The molecular weight excluding hydrogens is 448 g/mol. The van der Waals surface area contributed by atoms with E-state index in [0.717, 1.165) is 5.57 Å². The molecule has 0 spiro atoms. The molecule has 0 aromatic heterocycles. The van der Waals surface area contributed by atoms with Crippen molar-refractivity contribution in [3.8, 4) is 0 Å². The average Bonchev–Trinajstić information content (AvgIpc) is 3.02. The van der Waals surface area contributed by atoms with E-state index < -0.39 is 46.3 Å². The minimum Gasteiger partial charge on any atom is -0.455 e. The van der Waals surface area contributed by atoms with E-state index in [1.165, 1.54) is 6.92 Å². The minimum absolute atomic E-state index is 0.0462. The molecule has 5 rings (SSSR count). The molecule has 8 atom stereocenters. The molecule has 0 radical (unpaired) electrons. The highest BCUT2D eigenvalue weighted by atomic mass is 16.6. The van der Waals surface area contributed by atoms with Gasteiger partial charge in [0, 0.05) is 18.3 Å². The van der Waals surface area contributed by atoms with Crippen LogP contribution in [0.3, 0.4) is 0 Å². The molecule has 8 unspecified atom stereocenters. The van der Waals surface area contributed by atoms with Gasteiger partial charge < -0.3 is 25.2 Å². The largest absolute Gasteiger partial charge is 0.455 e. The molecule has 2 saturated carbocycles. The Bertz CT molecular complexity index is 1070. The summed E-state index contributed by atoms with van der Waals surface area (Å²) in [6.45, 7) is 6.63. The number of carbonyl (C=O) groups is 2. The Hall–Kier alpha value is -1.80. The normalized spacial score (nSPS) is 46.9. The lowest BCUT2D eigenvalue weighted by Crippen LogP contribution is -2.72. The van der Waals surface area contributed by atoms with Crippen molar-refractivity contribution >= 4 is 11.8 Å². The van der Waals surface area contributed by atoms with Crippen LogP contribution in [0.4, 0.5) is 0 Å². The fourth-order valence-corrected chi connectivity index (χ4v) is 8.53. The summed E-state index contributed by atoms with van der Waals surface area (Å²) >= 11 is 0. The zero-order valence-corrected chi connectivity index (χ0v) is 21.1. The van der Waals surface area contributed by atoms with Gasteiger partial charge in [-0.1, -0.05) is 30.7 Å². The predicted molar refractivity (Wildman–Crippen MR) is 128 cm³/mol. The van der Waals surface area contributed by atoms with Crippen LogP contribution in [0.2, 0.25) is 0 Å². The molecule has 192 valence electrons. The highest BCUT2D eigenvalue weighted by Gasteiger charge is 2.76. The number of rotatable bonds is 3. The highest BCUT2D eigenvalue weighted by Crippen LogP contribution is 2.70. The number of hydrogen-bond donors (Lipinski definition) is 4. The third kappa shape index (κ3) is 2.87. The maximum Gasteiger partial charge on any atom is 0.336 e. The molecule has 1 heterocycles. The fourth-order valence-electron chi connectivity index (χ4n) is 8.53. The first-order chi connectivity index (χ1) is 16.3. The lowest BCUT2D eigenvalue weighted by Gasteiger charge is -2.63. The van der Waals surface area contributed by atoms with Crippen molar-refractivity contribution in [2.24, 2.45) is 22.7 Å². The second-order valence-corrected chi connectivity index (χ2v) is 12.2. The molecule has 5 aliphatic rings. The number of fused-ring (bicyclic) bond motifs is 5. The van der Waals surface area contributed by atoms with Crippen LogP contribution in [0.15, 0.2) is 34.9 Å². The number of cyclic esters (lactones) is 1. The summed E-state index contributed by atoms with van der Waals surface area (Å²) in [5, 5.41) is 46.0. The Morgan fingerprint density at radius 2 is 1.86 bits per heavy atom. The van der Waals surface area contributed by atoms with E-state index in [4.69, 9.17) is 4.74 Å². The number of aliphatic hydroxyl groups is 4. The lowest BCUT2D eigenvalue weighted by molar-refractivity contribution is -0.279. The number of carbonyl (C=O) groups excluding carboxylic acids is 2. The van der Waals surface area contributed by atoms with E-state index in [1.54, 1.807) is 6.92 Å². The van der Waals surface area contributed by atoms with Gasteiger partial charge in [0.2, 0.25) is 0 Å². The van der Waals surface area contributed by atoms with E-state index in [-0.39, 0.29) is 42.5 Å². The molecule has 2 fully saturated rings. The van der Waals surface area contributed by atoms with Crippen molar-refractivity contribution < 1.29 is 34.8 Å². The molecule has 0 aromatic carbocycles. The zero-order valence-electron chi connectivity index (χ0n) is 21.1. The number of hydrogen-bond acceptors (Lipinski definition) is 7. The first kappa shape index (κ1) is 24.9. The van der Waals surface area contributed by atoms with Gasteiger partial charge in [-0.2, -0.15) is 0 Å². The highest BCUT2D eigenvalue weighted by molar-refractivity contribution is 5.92. The number of esters is 1. The van der Waals surface area contributed by atoms with Gasteiger partial charge in [-0.15, -0.1) is 0 Å². The third-order valence-electron chi connectivity index (χ3n) is 11.0. The number of allylic oxidation sites excluding steroid dienone is 4. The topological polar surface area (TPSA) is 124 Å². The molecular formula is C28H38O7. The summed E-state index contributed by atoms with van der Waals surface area (Å²) < 4.78 is 5.56. The van der Waals surface area contributed by atoms with Crippen LogP contribution >= 0.6 is 0 Å². The molecule has 0 saturated heterocycles. The first-order valence-electron chi connectivity index (χ1n) is 12.9. The van der Waals surface area contributed by atoms with Crippen LogP contribution < -0.4 is 0 Å². The van der Waals surface area contributed by atoms with Crippen LogP contribution in [0.25, 0.3) is 0 Å². The van der Waals surface area contributed by atoms with Crippen LogP contribution in [0.1, 0.15) is 72.6 Å². The number of aliphatic hydroxyl groups excluding tert-OH is 1. The fraction of sp³-hybridized carbons (Fsp3) is 0.714. The zero-order chi connectivity index (χ0) is 25.6. The Labute approximate surface area is 206 Å². The van der Waals surface area contributed by atoms with Gasteiger partial charge in [0.05, 0.1) is 23.2 Å². The molecule has 7 nitrogen and oxygen atoms in total. The van der Waals surface area contributed by atoms with Gasteiger partial charge in [-0.25, -0.2) is 4.79 Å². The van der Waals surface area contributed by atoms with Crippen LogP contribution in [-0.4, -0.2) is 61.7 Å². The average molecular weight is 487 g/mol. The predicted octanol–water partition coefficient (Wildman–Crippen LogP) is 2.52.